The molecule has 0 heterocycles. The van der Waals surface area contributed by atoms with Crippen LogP contribution in [-0.2, 0) is 4.79 Å². The van der Waals surface area contributed by atoms with E-state index in [2.05, 4.69) is 11.9 Å². The second-order valence-electron chi connectivity index (χ2n) is 5.01. The molecule has 0 bridgehead atoms. The Morgan fingerprint density at radius 3 is 2.12 bits per heavy atom. The van der Waals surface area contributed by atoms with Crippen molar-refractivity contribution in [1.29, 1.82) is 0 Å². The van der Waals surface area contributed by atoms with Gasteiger partial charge in [-0.15, -0.1) is 0 Å². The first kappa shape index (κ1) is 18.2. The highest BCUT2D eigenvalue weighted by Gasteiger charge is 2.07. The highest BCUT2D eigenvalue weighted by Crippen LogP contribution is 2.27. The van der Waals surface area contributed by atoms with Crippen LogP contribution < -0.4 is 24.3 Å². The predicted octanol–water partition coefficient (Wildman–Crippen LogP) is 3.29. The first-order chi connectivity index (χ1) is 12.1. The molecule has 0 unspecified atom stereocenters. The van der Waals surface area contributed by atoms with E-state index in [-0.39, 0.29) is 12.5 Å². The standard InChI is InChI=1S/C19H21NO5/c1-4-9-24-15-7-5-14(6-8-15)20-19(21)13-25-18-11-16(22-2)10-17(12-18)23-3/h4-8,10-12H,1,9,13H2,2-3H3,(H,20,21). The first-order valence-corrected chi connectivity index (χ1v) is 7.64. The molecule has 1 amide bonds. The van der Waals surface area contributed by atoms with E-state index < -0.39 is 0 Å². The van der Waals surface area contributed by atoms with E-state index in [0.29, 0.717) is 35.3 Å². The molecule has 2 aromatic rings. The van der Waals surface area contributed by atoms with E-state index in [1.54, 1.807) is 62.8 Å². The molecule has 25 heavy (non-hydrogen) atoms. The van der Waals surface area contributed by atoms with Gasteiger partial charge >= 0.3 is 0 Å². The first-order valence-electron chi connectivity index (χ1n) is 7.64. The van der Waals surface area contributed by atoms with Crippen molar-refractivity contribution in [3.05, 3.63) is 55.1 Å². The van der Waals surface area contributed by atoms with Crippen LogP contribution in [-0.4, -0.2) is 33.3 Å². The topological polar surface area (TPSA) is 66.0 Å². The summed E-state index contributed by atoms with van der Waals surface area (Å²) in [5, 5.41) is 2.75. The van der Waals surface area contributed by atoms with Gasteiger partial charge in [0, 0.05) is 23.9 Å². The molecule has 1 N–H and O–H groups in total. The normalized spacial score (nSPS) is 9.84. The number of anilines is 1. The number of benzene rings is 2. The zero-order chi connectivity index (χ0) is 18.1. The van der Waals surface area contributed by atoms with E-state index in [9.17, 15) is 4.79 Å². The van der Waals surface area contributed by atoms with Gasteiger partial charge in [0.25, 0.3) is 5.91 Å². The molecule has 2 rings (SSSR count). The lowest BCUT2D eigenvalue weighted by molar-refractivity contribution is -0.118. The summed E-state index contributed by atoms with van der Waals surface area (Å²) in [6, 6.07) is 12.1. The van der Waals surface area contributed by atoms with Gasteiger partial charge in [-0.1, -0.05) is 12.7 Å². The van der Waals surface area contributed by atoms with Crippen molar-refractivity contribution >= 4 is 11.6 Å². The van der Waals surface area contributed by atoms with Gasteiger partial charge in [-0.05, 0) is 24.3 Å². The molecule has 0 aliphatic heterocycles. The van der Waals surface area contributed by atoms with Crippen LogP contribution in [0.1, 0.15) is 0 Å². The summed E-state index contributed by atoms with van der Waals surface area (Å²) in [4.78, 5) is 12.0. The third-order valence-electron chi connectivity index (χ3n) is 3.20. The van der Waals surface area contributed by atoms with Crippen LogP contribution >= 0.6 is 0 Å². The second-order valence-corrected chi connectivity index (χ2v) is 5.01. The Kier molecular flexibility index (Phi) is 6.71. The third-order valence-corrected chi connectivity index (χ3v) is 3.20. The Labute approximate surface area is 147 Å². The number of rotatable bonds is 9. The molecule has 0 atom stereocenters. The average Bonchev–Trinajstić information content (AvgIpc) is 2.65. The molecule has 0 saturated heterocycles. The molecule has 0 aliphatic rings. The number of carbonyl (C=O) groups excluding carboxylic acids is 1. The monoisotopic (exact) mass is 343 g/mol. The van der Waals surface area contributed by atoms with E-state index in [1.165, 1.54) is 0 Å². The predicted molar refractivity (Wildman–Crippen MR) is 95.8 cm³/mol. The maximum atomic E-state index is 12.0. The van der Waals surface area contributed by atoms with E-state index in [1.807, 2.05) is 0 Å². The summed E-state index contributed by atoms with van der Waals surface area (Å²) >= 11 is 0. The minimum Gasteiger partial charge on any atom is -0.496 e. The molecule has 6 heteroatoms. The molecular formula is C19H21NO5. The minimum atomic E-state index is -0.276. The number of carbonyl (C=O) groups is 1. The lowest BCUT2D eigenvalue weighted by Gasteiger charge is -2.11. The number of hydrogen-bond donors (Lipinski definition) is 1. The largest absolute Gasteiger partial charge is 0.496 e. The second kappa shape index (κ2) is 9.22. The lowest BCUT2D eigenvalue weighted by atomic mass is 10.3. The maximum Gasteiger partial charge on any atom is 0.262 e. The summed E-state index contributed by atoms with van der Waals surface area (Å²) < 4.78 is 21.2. The molecule has 0 radical (unpaired) electrons. The number of methoxy groups -OCH3 is 2. The SMILES string of the molecule is C=CCOc1ccc(NC(=O)COc2cc(OC)cc(OC)c2)cc1. The zero-order valence-electron chi connectivity index (χ0n) is 14.3. The van der Waals surface area contributed by atoms with Gasteiger partial charge in [-0.2, -0.15) is 0 Å². The van der Waals surface area contributed by atoms with Crippen molar-refractivity contribution < 1.29 is 23.7 Å². The van der Waals surface area contributed by atoms with Crippen LogP contribution in [0.15, 0.2) is 55.1 Å². The van der Waals surface area contributed by atoms with Gasteiger partial charge in [0.2, 0.25) is 0 Å². The van der Waals surface area contributed by atoms with Crippen LogP contribution in [0, 0.1) is 0 Å². The molecule has 0 spiro atoms. The number of nitrogens with one attached hydrogen (secondary N) is 1. The van der Waals surface area contributed by atoms with Gasteiger partial charge in [0.05, 0.1) is 14.2 Å². The van der Waals surface area contributed by atoms with Crippen LogP contribution in [0.2, 0.25) is 0 Å². The highest BCUT2D eigenvalue weighted by molar-refractivity contribution is 5.91. The Morgan fingerprint density at radius 1 is 0.960 bits per heavy atom. The van der Waals surface area contributed by atoms with E-state index in [0.717, 1.165) is 0 Å². The summed E-state index contributed by atoms with van der Waals surface area (Å²) in [7, 11) is 3.10. The highest BCUT2D eigenvalue weighted by atomic mass is 16.5. The lowest BCUT2D eigenvalue weighted by Crippen LogP contribution is -2.20. The van der Waals surface area contributed by atoms with Gasteiger partial charge < -0.3 is 24.3 Å². The number of ether oxygens (including phenoxy) is 4. The van der Waals surface area contributed by atoms with Crippen molar-refractivity contribution in [2.45, 2.75) is 0 Å². The van der Waals surface area contributed by atoms with Crippen molar-refractivity contribution in [3.63, 3.8) is 0 Å². The Bertz CT molecular complexity index is 690. The molecule has 0 fully saturated rings. The fourth-order valence-corrected chi connectivity index (χ4v) is 2.00. The quantitative estimate of drug-likeness (QED) is 0.708. The van der Waals surface area contributed by atoms with Gasteiger partial charge in [-0.25, -0.2) is 0 Å². The maximum absolute atomic E-state index is 12.0. The molecule has 0 aromatic heterocycles. The smallest absolute Gasteiger partial charge is 0.262 e. The Balaban J connectivity index is 1.89. The molecule has 6 nitrogen and oxygen atoms in total. The summed E-state index contributed by atoms with van der Waals surface area (Å²) in [5.41, 5.74) is 0.655. The van der Waals surface area contributed by atoms with Crippen LogP contribution in [0.25, 0.3) is 0 Å². The molecule has 0 aliphatic carbocycles. The zero-order valence-corrected chi connectivity index (χ0v) is 14.3. The van der Waals surface area contributed by atoms with Gasteiger partial charge in [0.1, 0.15) is 29.6 Å². The number of hydrogen-bond acceptors (Lipinski definition) is 5. The fraction of sp³-hybridized carbons (Fsp3) is 0.211. The molecular weight excluding hydrogens is 322 g/mol. The van der Waals surface area contributed by atoms with E-state index >= 15 is 0 Å². The van der Waals surface area contributed by atoms with Gasteiger partial charge in [0.15, 0.2) is 6.61 Å². The Hall–Kier alpha value is -3.15. The Morgan fingerprint density at radius 2 is 1.56 bits per heavy atom. The van der Waals surface area contributed by atoms with Crippen molar-refractivity contribution in [3.8, 4) is 23.0 Å². The van der Waals surface area contributed by atoms with Crippen LogP contribution in [0.4, 0.5) is 5.69 Å². The number of amides is 1. The van der Waals surface area contributed by atoms with Crippen LogP contribution in [0.5, 0.6) is 23.0 Å². The summed E-state index contributed by atoms with van der Waals surface area (Å²) in [5.74, 6) is 2.09. The van der Waals surface area contributed by atoms with Crippen molar-refractivity contribution in [2.75, 3.05) is 32.8 Å². The van der Waals surface area contributed by atoms with E-state index in [4.69, 9.17) is 18.9 Å². The van der Waals surface area contributed by atoms with Gasteiger partial charge in [-0.3, -0.25) is 4.79 Å². The molecule has 0 saturated carbocycles. The summed E-state index contributed by atoms with van der Waals surface area (Å²) in [6.45, 7) is 3.89. The van der Waals surface area contributed by atoms with Crippen LogP contribution in [0.3, 0.4) is 0 Å². The minimum absolute atomic E-state index is 0.134. The van der Waals surface area contributed by atoms with Crippen molar-refractivity contribution in [2.24, 2.45) is 0 Å². The average molecular weight is 343 g/mol. The molecule has 2 aromatic carbocycles. The fourth-order valence-electron chi connectivity index (χ4n) is 2.00. The van der Waals surface area contributed by atoms with Crippen molar-refractivity contribution in [1.82, 2.24) is 0 Å². The molecule has 132 valence electrons. The summed E-state index contributed by atoms with van der Waals surface area (Å²) in [6.07, 6.45) is 1.67. The third kappa shape index (κ3) is 5.76.